The first-order chi connectivity index (χ1) is 7.52. The molecule has 0 amide bonds. The zero-order chi connectivity index (χ0) is 12.0. The summed E-state index contributed by atoms with van der Waals surface area (Å²) >= 11 is 0. The zero-order valence-corrected chi connectivity index (χ0v) is 10.5. The van der Waals surface area contributed by atoms with Gasteiger partial charge in [-0.15, -0.1) is 0 Å². The van der Waals surface area contributed by atoms with E-state index in [1.807, 2.05) is 37.3 Å². The third kappa shape index (κ3) is 4.33. The summed E-state index contributed by atoms with van der Waals surface area (Å²) in [6, 6.07) is 9.80. The van der Waals surface area contributed by atoms with Crippen molar-refractivity contribution in [2.75, 3.05) is 13.1 Å². The Morgan fingerprint density at radius 1 is 1.25 bits per heavy atom. The van der Waals surface area contributed by atoms with Gasteiger partial charge in [-0.25, -0.2) is 0 Å². The highest BCUT2D eigenvalue weighted by molar-refractivity contribution is 5.21. The first-order valence-corrected chi connectivity index (χ1v) is 6.01. The molecular formula is C14H23NO. The van der Waals surface area contributed by atoms with Gasteiger partial charge < -0.3 is 10.4 Å². The Morgan fingerprint density at radius 3 is 2.44 bits per heavy atom. The molecule has 2 N–H and O–H groups in total. The van der Waals surface area contributed by atoms with E-state index in [9.17, 15) is 5.11 Å². The van der Waals surface area contributed by atoms with Crippen LogP contribution in [0.3, 0.4) is 0 Å². The summed E-state index contributed by atoms with van der Waals surface area (Å²) < 4.78 is 0. The lowest BCUT2D eigenvalue weighted by Gasteiger charge is -2.24. The predicted octanol–water partition coefficient (Wildman–Crippen LogP) is 2.53. The molecule has 90 valence electrons. The molecule has 1 unspecified atom stereocenters. The molecule has 1 aromatic rings. The molecule has 0 fully saturated rings. The maximum Gasteiger partial charge on any atom is 0.0992 e. The second kappa shape index (κ2) is 6.02. The van der Waals surface area contributed by atoms with Gasteiger partial charge in [-0.1, -0.05) is 44.2 Å². The third-order valence-electron chi connectivity index (χ3n) is 2.76. The summed E-state index contributed by atoms with van der Waals surface area (Å²) in [4.78, 5) is 0. The number of hydrogen-bond acceptors (Lipinski definition) is 2. The Bertz CT molecular complexity index is 293. The molecule has 0 saturated heterocycles. The molecule has 0 bridgehead atoms. The van der Waals surface area contributed by atoms with Gasteiger partial charge in [0.2, 0.25) is 0 Å². The highest BCUT2D eigenvalue weighted by Crippen LogP contribution is 2.18. The predicted molar refractivity (Wildman–Crippen MR) is 68.3 cm³/mol. The van der Waals surface area contributed by atoms with Crippen molar-refractivity contribution in [3.63, 3.8) is 0 Å². The molecule has 16 heavy (non-hydrogen) atoms. The summed E-state index contributed by atoms with van der Waals surface area (Å²) in [7, 11) is 0. The van der Waals surface area contributed by atoms with Crippen LogP contribution in [0.5, 0.6) is 0 Å². The fourth-order valence-corrected chi connectivity index (χ4v) is 1.62. The minimum absolute atomic E-state index is 0.601. The van der Waals surface area contributed by atoms with Crippen LogP contribution in [-0.2, 0) is 5.60 Å². The largest absolute Gasteiger partial charge is 0.384 e. The van der Waals surface area contributed by atoms with Crippen LogP contribution in [0, 0.1) is 5.92 Å². The van der Waals surface area contributed by atoms with Crippen molar-refractivity contribution in [2.45, 2.75) is 32.8 Å². The molecule has 0 radical (unpaired) electrons. The van der Waals surface area contributed by atoms with Gasteiger partial charge in [0.05, 0.1) is 5.60 Å². The van der Waals surface area contributed by atoms with Crippen LogP contribution in [0.2, 0.25) is 0 Å². The molecule has 0 heterocycles. The Hall–Kier alpha value is -0.860. The van der Waals surface area contributed by atoms with Gasteiger partial charge in [0.25, 0.3) is 0 Å². The molecule has 1 aromatic carbocycles. The lowest BCUT2D eigenvalue weighted by atomic mass is 9.96. The number of nitrogens with one attached hydrogen (secondary N) is 1. The Labute approximate surface area is 98.7 Å². The Kier molecular flexibility index (Phi) is 4.97. The van der Waals surface area contributed by atoms with Crippen molar-refractivity contribution in [1.29, 1.82) is 0 Å². The lowest BCUT2D eigenvalue weighted by Crippen LogP contribution is -2.36. The maximum absolute atomic E-state index is 10.3. The quantitative estimate of drug-likeness (QED) is 0.723. The Morgan fingerprint density at radius 2 is 1.88 bits per heavy atom. The number of hydrogen-bond donors (Lipinski definition) is 2. The zero-order valence-electron chi connectivity index (χ0n) is 10.5. The van der Waals surface area contributed by atoms with Crippen molar-refractivity contribution in [2.24, 2.45) is 5.92 Å². The average molecular weight is 221 g/mol. The number of rotatable bonds is 6. The first-order valence-electron chi connectivity index (χ1n) is 6.01. The molecule has 1 atom stereocenters. The molecule has 0 aliphatic rings. The van der Waals surface area contributed by atoms with Crippen molar-refractivity contribution in [1.82, 2.24) is 5.32 Å². The van der Waals surface area contributed by atoms with Gasteiger partial charge >= 0.3 is 0 Å². The van der Waals surface area contributed by atoms with E-state index in [0.717, 1.165) is 18.5 Å². The minimum atomic E-state index is -0.780. The van der Waals surface area contributed by atoms with Crippen LogP contribution in [-0.4, -0.2) is 18.2 Å². The molecule has 0 spiro atoms. The van der Waals surface area contributed by atoms with E-state index in [2.05, 4.69) is 19.2 Å². The second-order valence-electron chi connectivity index (χ2n) is 5.00. The topological polar surface area (TPSA) is 32.3 Å². The lowest BCUT2D eigenvalue weighted by molar-refractivity contribution is 0.0569. The maximum atomic E-state index is 10.3. The fraction of sp³-hybridized carbons (Fsp3) is 0.571. The average Bonchev–Trinajstić information content (AvgIpc) is 2.26. The summed E-state index contributed by atoms with van der Waals surface area (Å²) in [5.41, 5.74) is 0.185. The summed E-state index contributed by atoms with van der Waals surface area (Å²) in [5, 5.41) is 13.6. The van der Waals surface area contributed by atoms with E-state index >= 15 is 0 Å². The van der Waals surface area contributed by atoms with Gasteiger partial charge in [0.15, 0.2) is 0 Å². The van der Waals surface area contributed by atoms with E-state index < -0.39 is 5.60 Å². The normalized spacial score (nSPS) is 15.1. The van der Waals surface area contributed by atoms with Crippen LogP contribution in [0.1, 0.15) is 32.8 Å². The van der Waals surface area contributed by atoms with Gasteiger partial charge in [0.1, 0.15) is 0 Å². The molecule has 2 nitrogen and oxygen atoms in total. The molecular weight excluding hydrogens is 198 g/mol. The molecule has 0 aliphatic carbocycles. The fourth-order valence-electron chi connectivity index (χ4n) is 1.62. The van der Waals surface area contributed by atoms with Crippen LogP contribution >= 0.6 is 0 Å². The van der Waals surface area contributed by atoms with E-state index in [1.54, 1.807) is 0 Å². The summed E-state index contributed by atoms with van der Waals surface area (Å²) in [6.07, 6.45) is 1.14. The van der Waals surface area contributed by atoms with Crippen molar-refractivity contribution >= 4 is 0 Å². The highest BCUT2D eigenvalue weighted by atomic mass is 16.3. The van der Waals surface area contributed by atoms with E-state index in [-0.39, 0.29) is 0 Å². The number of benzene rings is 1. The van der Waals surface area contributed by atoms with E-state index in [1.165, 1.54) is 0 Å². The van der Waals surface area contributed by atoms with E-state index in [4.69, 9.17) is 0 Å². The third-order valence-corrected chi connectivity index (χ3v) is 2.76. The van der Waals surface area contributed by atoms with Gasteiger partial charge in [-0.05, 0) is 31.4 Å². The second-order valence-corrected chi connectivity index (χ2v) is 5.00. The summed E-state index contributed by atoms with van der Waals surface area (Å²) in [6.45, 7) is 7.82. The number of aliphatic hydroxyl groups is 1. The first kappa shape index (κ1) is 13.2. The molecule has 2 heteroatoms. The van der Waals surface area contributed by atoms with Crippen LogP contribution in [0.15, 0.2) is 30.3 Å². The SMILES string of the molecule is CC(C)CCNCC(C)(O)c1ccccc1. The standard InChI is InChI=1S/C14H23NO/c1-12(2)9-10-15-11-14(3,16)13-7-5-4-6-8-13/h4-8,12,15-16H,9-11H2,1-3H3. The van der Waals surface area contributed by atoms with Crippen LogP contribution in [0.25, 0.3) is 0 Å². The van der Waals surface area contributed by atoms with Crippen LogP contribution < -0.4 is 5.32 Å². The molecule has 1 rings (SSSR count). The Balaban J connectivity index is 2.40. The molecule has 0 aromatic heterocycles. The van der Waals surface area contributed by atoms with Crippen molar-refractivity contribution in [3.05, 3.63) is 35.9 Å². The molecule has 0 saturated carbocycles. The van der Waals surface area contributed by atoms with Crippen LogP contribution in [0.4, 0.5) is 0 Å². The van der Waals surface area contributed by atoms with Gasteiger partial charge in [0, 0.05) is 6.54 Å². The minimum Gasteiger partial charge on any atom is -0.384 e. The van der Waals surface area contributed by atoms with Gasteiger partial charge in [-0.3, -0.25) is 0 Å². The van der Waals surface area contributed by atoms with Crippen molar-refractivity contribution < 1.29 is 5.11 Å². The summed E-state index contributed by atoms with van der Waals surface area (Å²) in [5.74, 6) is 0.703. The van der Waals surface area contributed by atoms with E-state index in [0.29, 0.717) is 12.5 Å². The highest BCUT2D eigenvalue weighted by Gasteiger charge is 2.21. The van der Waals surface area contributed by atoms with Gasteiger partial charge in [-0.2, -0.15) is 0 Å². The smallest absolute Gasteiger partial charge is 0.0992 e. The molecule has 0 aliphatic heterocycles. The monoisotopic (exact) mass is 221 g/mol. The van der Waals surface area contributed by atoms with Crippen molar-refractivity contribution in [3.8, 4) is 0 Å².